The maximum atomic E-state index is 2.55. The molecule has 0 N–H and O–H groups in total. The van der Waals surface area contributed by atoms with Crippen LogP contribution in [0.15, 0.2) is 164 Å². The molecule has 0 radical (unpaired) electrons. The summed E-state index contributed by atoms with van der Waals surface area (Å²) in [5.41, 5.74) is 11.3. The van der Waals surface area contributed by atoms with E-state index in [0.717, 1.165) is 5.69 Å². The zero-order valence-electron chi connectivity index (χ0n) is 27.4. The minimum atomic E-state index is -0.108. The molecule has 0 amide bonds. The molecule has 9 aromatic rings. The van der Waals surface area contributed by atoms with Crippen molar-refractivity contribution < 1.29 is 0 Å². The van der Waals surface area contributed by atoms with Crippen LogP contribution in [0.4, 0.5) is 17.1 Å². The zero-order valence-corrected chi connectivity index (χ0v) is 28.3. The summed E-state index contributed by atoms with van der Waals surface area (Å²) in [4.78, 5) is 2.55. The van der Waals surface area contributed by atoms with E-state index in [-0.39, 0.29) is 5.41 Å². The van der Waals surface area contributed by atoms with Crippen molar-refractivity contribution in [2.75, 3.05) is 4.90 Å². The summed E-state index contributed by atoms with van der Waals surface area (Å²) in [6.07, 6.45) is 0. The van der Waals surface area contributed by atoms with Crippen LogP contribution in [0.1, 0.15) is 25.0 Å². The molecule has 8 aromatic carbocycles. The largest absolute Gasteiger partial charge is 0.309 e. The van der Waals surface area contributed by atoms with Crippen LogP contribution in [0.5, 0.6) is 0 Å². The van der Waals surface area contributed by atoms with Crippen LogP contribution in [0, 0.1) is 0 Å². The molecule has 0 saturated heterocycles. The molecule has 232 valence electrons. The van der Waals surface area contributed by atoms with Crippen molar-refractivity contribution in [3.63, 3.8) is 0 Å². The molecule has 0 spiro atoms. The molecule has 1 heterocycles. The molecule has 1 aliphatic carbocycles. The maximum Gasteiger partial charge on any atom is 0.0543 e. The Morgan fingerprint density at radius 3 is 1.94 bits per heavy atom. The number of rotatable bonds is 4. The van der Waals surface area contributed by atoms with Crippen molar-refractivity contribution >= 4 is 70.1 Å². The fourth-order valence-corrected chi connectivity index (χ4v) is 9.48. The number of hydrogen-bond acceptors (Lipinski definition) is 2. The summed E-state index contributed by atoms with van der Waals surface area (Å²) >= 11 is 1.88. The summed E-state index contributed by atoms with van der Waals surface area (Å²) in [6.45, 7) is 4.73. The first kappa shape index (κ1) is 28.3. The van der Waals surface area contributed by atoms with Gasteiger partial charge in [0.05, 0.1) is 17.1 Å². The zero-order chi connectivity index (χ0) is 32.7. The van der Waals surface area contributed by atoms with Gasteiger partial charge in [0.1, 0.15) is 0 Å². The number of benzene rings is 8. The Kier molecular flexibility index (Phi) is 6.16. The number of nitrogens with zero attached hydrogens (tertiary/aromatic N) is 1. The lowest BCUT2D eigenvalue weighted by atomic mass is 9.82. The summed E-state index contributed by atoms with van der Waals surface area (Å²) in [5, 5.41) is 7.62. The smallest absolute Gasteiger partial charge is 0.0543 e. The number of para-hydroxylation sites is 1. The van der Waals surface area contributed by atoms with Crippen LogP contribution in [0.3, 0.4) is 0 Å². The van der Waals surface area contributed by atoms with Gasteiger partial charge in [0.15, 0.2) is 0 Å². The molecule has 0 unspecified atom stereocenters. The van der Waals surface area contributed by atoms with E-state index in [0.29, 0.717) is 0 Å². The minimum absolute atomic E-state index is 0.108. The van der Waals surface area contributed by atoms with E-state index in [1.165, 1.54) is 86.5 Å². The van der Waals surface area contributed by atoms with E-state index in [2.05, 4.69) is 183 Å². The van der Waals surface area contributed by atoms with Gasteiger partial charge in [0.2, 0.25) is 0 Å². The summed E-state index contributed by atoms with van der Waals surface area (Å²) in [6, 6.07) is 60.7. The molecule has 1 aromatic heterocycles. The highest BCUT2D eigenvalue weighted by atomic mass is 32.1. The predicted molar refractivity (Wildman–Crippen MR) is 212 cm³/mol. The molecule has 1 nitrogen and oxygen atoms in total. The predicted octanol–water partition coefficient (Wildman–Crippen LogP) is 13.8. The Hall–Kier alpha value is -5.70. The summed E-state index contributed by atoms with van der Waals surface area (Å²) < 4.78 is 2.65. The van der Waals surface area contributed by atoms with Gasteiger partial charge in [-0.2, -0.15) is 0 Å². The number of hydrogen-bond donors (Lipinski definition) is 0. The Bertz CT molecular complexity index is 2760. The van der Waals surface area contributed by atoms with Crippen molar-refractivity contribution in [3.05, 3.63) is 175 Å². The second-order valence-corrected chi connectivity index (χ2v) is 14.8. The van der Waals surface area contributed by atoms with Crippen molar-refractivity contribution in [1.29, 1.82) is 0 Å². The number of fused-ring (bicyclic) bond motifs is 8. The van der Waals surface area contributed by atoms with Crippen LogP contribution in [-0.4, -0.2) is 0 Å². The molecule has 2 heteroatoms. The fraction of sp³-hybridized carbons (Fsp3) is 0.0638. The first-order chi connectivity index (χ1) is 24.1. The SMILES string of the molecule is CC1(C)c2ccccc2-c2c(N(c3ccccc3-c3cccc4ccccc34)c3cccc4cc5sc6ccccc6c5cc34)cccc21. The highest BCUT2D eigenvalue weighted by Crippen LogP contribution is 2.55. The Balaban J connectivity index is 1.33. The lowest BCUT2D eigenvalue weighted by molar-refractivity contribution is 0.660. The van der Waals surface area contributed by atoms with Crippen molar-refractivity contribution in [2.45, 2.75) is 19.3 Å². The molecular formula is C47H33NS. The van der Waals surface area contributed by atoms with Gasteiger partial charge in [0.25, 0.3) is 0 Å². The average Bonchev–Trinajstić information content (AvgIpc) is 3.62. The summed E-state index contributed by atoms with van der Waals surface area (Å²) in [7, 11) is 0. The summed E-state index contributed by atoms with van der Waals surface area (Å²) in [5.74, 6) is 0. The lowest BCUT2D eigenvalue weighted by Gasteiger charge is -2.31. The number of anilines is 3. The van der Waals surface area contributed by atoms with Gasteiger partial charge in [-0.25, -0.2) is 0 Å². The average molecular weight is 644 g/mol. The van der Waals surface area contributed by atoms with Crippen molar-refractivity contribution in [1.82, 2.24) is 0 Å². The fourth-order valence-electron chi connectivity index (χ4n) is 8.34. The first-order valence-corrected chi connectivity index (χ1v) is 17.8. The lowest BCUT2D eigenvalue weighted by Crippen LogP contribution is -2.16. The Morgan fingerprint density at radius 1 is 0.408 bits per heavy atom. The van der Waals surface area contributed by atoms with E-state index in [1.807, 2.05) is 11.3 Å². The van der Waals surface area contributed by atoms with Crippen molar-refractivity contribution in [3.8, 4) is 22.3 Å². The Labute approximate surface area is 290 Å². The van der Waals surface area contributed by atoms with Gasteiger partial charge >= 0.3 is 0 Å². The second-order valence-electron chi connectivity index (χ2n) is 13.7. The molecular weight excluding hydrogens is 611 g/mol. The third-order valence-electron chi connectivity index (χ3n) is 10.6. The first-order valence-electron chi connectivity index (χ1n) is 17.0. The van der Waals surface area contributed by atoms with Crippen LogP contribution in [-0.2, 0) is 5.41 Å². The Morgan fingerprint density at radius 2 is 1.02 bits per heavy atom. The highest BCUT2D eigenvalue weighted by Gasteiger charge is 2.38. The molecule has 49 heavy (non-hydrogen) atoms. The van der Waals surface area contributed by atoms with E-state index in [1.54, 1.807) is 0 Å². The van der Waals surface area contributed by atoms with Gasteiger partial charge in [-0.05, 0) is 74.8 Å². The minimum Gasteiger partial charge on any atom is -0.309 e. The normalized spacial score (nSPS) is 13.3. The quantitative estimate of drug-likeness (QED) is 0.184. The van der Waals surface area contributed by atoms with Gasteiger partial charge in [-0.15, -0.1) is 11.3 Å². The van der Waals surface area contributed by atoms with Gasteiger partial charge < -0.3 is 4.90 Å². The van der Waals surface area contributed by atoms with E-state index in [9.17, 15) is 0 Å². The van der Waals surface area contributed by atoms with Crippen LogP contribution >= 0.6 is 11.3 Å². The van der Waals surface area contributed by atoms with Crippen LogP contribution < -0.4 is 4.90 Å². The molecule has 0 atom stereocenters. The van der Waals surface area contributed by atoms with Gasteiger partial charge in [-0.1, -0.05) is 141 Å². The topological polar surface area (TPSA) is 3.24 Å². The second kappa shape index (κ2) is 10.7. The monoisotopic (exact) mass is 643 g/mol. The van der Waals surface area contributed by atoms with E-state index >= 15 is 0 Å². The molecule has 10 rings (SSSR count). The van der Waals surface area contributed by atoms with Crippen LogP contribution in [0.25, 0.3) is 64.0 Å². The van der Waals surface area contributed by atoms with Gasteiger partial charge in [-0.3, -0.25) is 0 Å². The standard InChI is InChI=1S/C47H33NS/c1-47(2)39-22-8-5-20-36(39)46-40(47)23-13-26-43(46)48(41-24-9-6-18-34(41)33-21-11-15-30-14-3-4-17-32(30)33)42-25-12-16-31-28-45-38(29-37(31)42)35-19-7-10-27-44(35)49-45/h3-29H,1-2H3. The van der Waals surface area contributed by atoms with Crippen molar-refractivity contribution in [2.24, 2.45) is 0 Å². The van der Waals surface area contributed by atoms with Gasteiger partial charge in [0, 0.05) is 42.1 Å². The van der Waals surface area contributed by atoms with E-state index in [4.69, 9.17) is 0 Å². The third-order valence-corrected chi connectivity index (χ3v) is 11.8. The molecule has 1 aliphatic rings. The third kappa shape index (κ3) is 4.17. The van der Waals surface area contributed by atoms with Crippen LogP contribution in [0.2, 0.25) is 0 Å². The number of thiophene rings is 1. The highest BCUT2D eigenvalue weighted by molar-refractivity contribution is 7.25. The van der Waals surface area contributed by atoms with E-state index < -0.39 is 0 Å². The maximum absolute atomic E-state index is 2.55. The molecule has 0 bridgehead atoms. The molecule has 0 fully saturated rings. The molecule has 0 aliphatic heterocycles. The molecule has 0 saturated carbocycles.